The molecule has 7 nitrogen and oxygen atoms in total. The Hall–Kier alpha value is -3.58. The molecule has 0 spiro atoms. The van der Waals surface area contributed by atoms with Crippen molar-refractivity contribution in [1.82, 2.24) is 9.88 Å². The first-order valence-electron chi connectivity index (χ1n) is 9.34. The monoisotopic (exact) mass is 423 g/mol. The van der Waals surface area contributed by atoms with Gasteiger partial charge in [0.25, 0.3) is 5.91 Å². The zero-order chi connectivity index (χ0) is 21.3. The molecule has 2 heterocycles. The highest BCUT2D eigenvalue weighted by Gasteiger charge is 2.35. The number of halogens is 1. The number of para-hydroxylation sites is 1. The highest BCUT2D eigenvalue weighted by molar-refractivity contribution is 6.32. The number of nitrogens with zero attached hydrogens (tertiary/aromatic N) is 2. The van der Waals surface area contributed by atoms with Gasteiger partial charge in [-0.25, -0.2) is 9.69 Å². The fourth-order valence-electron chi connectivity index (χ4n) is 3.41. The van der Waals surface area contributed by atoms with Crippen molar-refractivity contribution < 1.29 is 19.1 Å². The third kappa shape index (κ3) is 3.67. The summed E-state index contributed by atoms with van der Waals surface area (Å²) in [6.07, 6.45) is 3.37. The largest absolute Gasteiger partial charge is 0.465 e. The molecule has 1 aromatic heterocycles. The standard InChI is InChI=1S/C22H18ClN3O4/c1-2-30-20(27)13-25-12-14(17-8-3-4-9-19(17)25)10-18-21(28)26(22(29)24-18)16-7-5-6-15(23)11-16/h3-12H,2,13H2,1H3,(H,24,29). The maximum absolute atomic E-state index is 12.9. The normalized spacial score (nSPS) is 15.1. The van der Waals surface area contributed by atoms with Crippen LogP contribution in [0.2, 0.25) is 5.02 Å². The van der Waals surface area contributed by atoms with E-state index >= 15 is 0 Å². The van der Waals surface area contributed by atoms with Crippen LogP contribution in [0.25, 0.3) is 17.0 Å². The summed E-state index contributed by atoms with van der Waals surface area (Å²) in [6, 6.07) is 13.5. The Morgan fingerprint density at radius 1 is 1.17 bits per heavy atom. The van der Waals surface area contributed by atoms with Gasteiger partial charge in [0.1, 0.15) is 12.2 Å². The Kier molecular flexibility index (Phi) is 5.29. The molecule has 0 atom stereocenters. The van der Waals surface area contributed by atoms with E-state index in [9.17, 15) is 14.4 Å². The fourth-order valence-corrected chi connectivity index (χ4v) is 3.59. The van der Waals surface area contributed by atoms with Crippen LogP contribution in [0.4, 0.5) is 10.5 Å². The molecular formula is C22H18ClN3O4. The van der Waals surface area contributed by atoms with Gasteiger partial charge in [0.05, 0.1) is 12.3 Å². The van der Waals surface area contributed by atoms with E-state index in [1.165, 1.54) is 0 Å². The van der Waals surface area contributed by atoms with Gasteiger partial charge >= 0.3 is 12.0 Å². The second-order valence-corrected chi connectivity index (χ2v) is 7.08. The Morgan fingerprint density at radius 2 is 1.97 bits per heavy atom. The number of nitrogens with one attached hydrogen (secondary N) is 1. The van der Waals surface area contributed by atoms with Crippen LogP contribution in [-0.2, 0) is 20.9 Å². The number of aromatic nitrogens is 1. The molecule has 152 valence electrons. The van der Waals surface area contributed by atoms with Crippen molar-refractivity contribution >= 4 is 52.2 Å². The number of anilines is 1. The van der Waals surface area contributed by atoms with Gasteiger partial charge in [0.2, 0.25) is 0 Å². The molecule has 0 aliphatic carbocycles. The van der Waals surface area contributed by atoms with Gasteiger partial charge < -0.3 is 14.6 Å². The number of hydrogen-bond donors (Lipinski definition) is 1. The number of fused-ring (bicyclic) bond motifs is 1. The number of carbonyl (C=O) groups excluding carboxylic acids is 3. The third-order valence-electron chi connectivity index (χ3n) is 4.67. The zero-order valence-electron chi connectivity index (χ0n) is 16.1. The molecule has 0 radical (unpaired) electrons. The maximum Gasteiger partial charge on any atom is 0.333 e. The van der Waals surface area contributed by atoms with Crippen molar-refractivity contribution in [2.75, 3.05) is 11.5 Å². The van der Waals surface area contributed by atoms with Gasteiger partial charge in [-0.2, -0.15) is 0 Å². The van der Waals surface area contributed by atoms with Gasteiger partial charge in [-0.3, -0.25) is 9.59 Å². The number of ether oxygens (including phenoxy) is 1. The molecule has 8 heteroatoms. The number of carbonyl (C=O) groups is 3. The molecule has 1 fully saturated rings. The molecule has 1 aliphatic rings. The van der Waals surface area contributed by atoms with E-state index in [1.54, 1.807) is 48.0 Å². The summed E-state index contributed by atoms with van der Waals surface area (Å²) in [5.41, 5.74) is 2.05. The first kappa shape index (κ1) is 19.7. The summed E-state index contributed by atoms with van der Waals surface area (Å²) in [5.74, 6) is -0.834. The SMILES string of the molecule is CCOC(=O)Cn1cc(C=C2NC(=O)N(c3cccc(Cl)c3)C2=O)c2ccccc21. The van der Waals surface area contributed by atoms with Crippen LogP contribution >= 0.6 is 11.6 Å². The van der Waals surface area contributed by atoms with Crippen LogP contribution in [0.15, 0.2) is 60.4 Å². The van der Waals surface area contributed by atoms with Crippen LogP contribution in [-0.4, -0.2) is 29.1 Å². The quantitative estimate of drug-likeness (QED) is 0.382. The van der Waals surface area contributed by atoms with Gasteiger partial charge in [-0.05, 0) is 37.3 Å². The lowest BCUT2D eigenvalue weighted by Crippen LogP contribution is -2.30. The third-order valence-corrected chi connectivity index (χ3v) is 4.90. The van der Waals surface area contributed by atoms with E-state index in [1.807, 2.05) is 24.3 Å². The van der Waals surface area contributed by atoms with E-state index in [0.717, 1.165) is 15.8 Å². The second-order valence-electron chi connectivity index (χ2n) is 6.64. The lowest BCUT2D eigenvalue weighted by molar-refractivity contribution is -0.143. The molecule has 4 rings (SSSR count). The van der Waals surface area contributed by atoms with Crippen molar-refractivity contribution in [2.45, 2.75) is 13.5 Å². The maximum atomic E-state index is 12.9. The average Bonchev–Trinajstić information content (AvgIpc) is 3.19. The van der Waals surface area contributed by atoms with Crippen LogP contribution in [0.1, 0.15) is 12.5 Å². The van der Waals surface area contributed by atoms with Crippen molar-refractivity contribution in [3.63, 3.8) is 0 Å². The van der Waals surface area contributed by atoms with E-state index < -0.39 is 11.9 Å². The predicted octanol–water partition coefficient (Wildman–Crippen LogP) is 3.96. The number of benzene rings is 2. The first-order chi connectivity index (χ1) is 14.5. The molecule has 1 N–H and O–H groups in total. The van der Waals surface area contributed by atoms with E-state index in [-0.39, 0.29) is 18.2 Å². The number of hydrogen-bond acceptors (Lipinski definition) is 4. The molecule has 1 saturated heterocycles. The highest BCUT2D eigenvalue weighted by Crippen LogP contribution is 2.27. The molecule has 3 aromatic rings. The molecule has 0 saturated carbocycles. The number of urea groups is 1. The summed E-state index contributed by atoms with van der Waals surface area (Å²) in [7, 11) is 0. The van der Waals surface area contributed by atoms with E-state index in [0.29, 0.717) is 22.9 Å². The predicted molar refractivity (Wildman–Crippen MR) is 114 cm³/mol. The molecule has 0 bridgehead atoms. The van der Waals surface area contributed by atoms with E-state index in [4.69, 9.17) is 16.3 Å². The summed E-state index contributed by atoms with van der Waals surface area (Å²) in [5, 5.41) is 3.88. The molecule has 2 aromatic carbocycles. The van der Waals surface area contributed by atoms with E-state index in [2.05, 4.69) is 5.32 Å². The molecule has 0 unspecified atom stereocenters. The van der Waals surface area contributed by atoms with Crippen LogP contribution in [0.3, 0.4) is 0 Å². The average molecular weight is 424 g/mol. The minimum atomic E-state index is -0.552. The molecule has 3 amide bonds. The number of imide groups is 1. The molecule has 30 heavy (non-hydrogen) atoms. The van der Waals surface area contributed by atoms with Gasteiger partial charge in [-0.1, -0.05) is 35.9 Å². The van der Waals surface area contributed by atoms with Crippen molar-refractivity contribution in [3.8, 4) is 0 Å². The van der Waals surface area contributed by atoms with Crippen LogP contribution < -0.4 is 10.2 Å². The second kappa shape index (κ2) is 8.04. The Morgan fingerprint density at radius 3 is 2.73 bits per heavy atom. The minimum Gasteiger partial charge on any atom is -0.465 e. The molecule has 1 aliphatic heterocycles. The highest BCUT2D eigenvalue weighted by atomic mass is 35.5. The Balaban J connectivity index is 1.70. The Labute approximate surface area is 177 Å². The van der Waals surface area contributed by atoms with Crippen molar-refractivity contribution in [1.29, 1.82) is 0 Å². The fraction of sp³-hybridized carbons (Fsp3) is 0.136. The summed E-state index contributed by atoms with van der Waals surface area (Å²) in [4.78, 5) is 38.3. The zero-order valence-corrected chi connectivity index (χ0v) is 16.8. The summed E-state index contributed by atoms with van der Waals surface area (Å²) < 4.78 is 6.80. The van der Waals surface area contributed by atoms with Crippen molar-refractivity contribution in [2.24, 2.45) is 0 Å². The molecular weight excluding hydrogens is 406 g/mol. The smallest absolute Gasteiger partial charge is 0.333 e. The minimum absolute atomic E-state index is 0.0481. The lowest BCUT2D eigenvalue weighted by Gasteiger charge is -2.11. The number of amides is 3. The number of rotatable bonds is 5. The van der Waals surface area contributed by atoms with Crippen molar-refractivity contribution in [3.05, 3.63) is 71.0 Å². The summed E-state index contributed by atoms with van der Waals surface area (Å²) in [6.45, 7) is 2.10. The van der Waals surface area contributed by atoms with Gasteiger partial charge in [0, 0.05) is 27.7 Å². The Bertz CT molecular complexity index is 1200. The van der Waals surface area contributed by atoms with Crippen LogP contribution in [0.5, 0.6) is 0 Å². The van der Waals surface area contributed by atoms with Gasteiger partial charge in [0.15, 0.2) is 0 Å². The van der Waals surface area contributed by atoms with Gasteiger partial charge in [-0.15, -0.1) is 0 Å². The topological polar surface area (TPSA) is 80.6 Å². The number of esters is 1. The van der Waals surface area contributed by atoms with Crippen LogP contribution in [0, 0.1) is 0 Å². The first-order valence-corrected chi connectivity index (χ1v) is 9.72. The summed E-state index contributed by atoms with van der Waals surface area (Å²) >= 11 is 5.99. The lowest BCUT2D eigenvalue weighted by atomic mass is 10.1.